The van der Waals surface area contributed by atoms with E-state index in [1.165, 1.54) is 22.3 Å². The maximum atomic E-state index is 14.1. The zero-order valence-corrected chi connectivity index (χ0v) is 18.1. The Morgan fingerprint density at radius 1 is 1.42 bits per heavy atom. The zero-order chi connectivity index (χ0) is 22.0. The molecule has 3 aliphatic rings. The summed E-state index contributed by atoms with van der Waals surface area (Å²) < 4.78 is 49.2. The summed E-state index contributed by atoms with van der Waals surface area (Å²) in [7, 11) is 0. The number of aromatic nitrogens is 3. The Labute approximate surface area is 181 Å². The molecular weight excluding hydrogens is 431 g/mol. The Hall–Kier alpha value is -2.14. The van der Waals surface area contributed by atoms with Crippen LogP contribution in [0.15, 0.2) is 16.4 Å². The summed E-state index contributed by atoms with van der Waals surface area (Å²) >= 11 is 1.42. The van der Waals surface area contributed by atoms with Gasteiger partial charge in [0.1, 0.15) is 5.82 Å². The summed E-state index contributed by atoms with van der Waals surface area (Å²) in [5.41, 5.74) is -0.199. The molecule has 11 heteroatoms. The van der Waals surface area contributed by atoms with E-state index in [4.69, 9.17) is 4.74 Å². The number of anilines is 2. The molecule has 2 aliphatic heterocycles. The highest BCUT2D eigenvalue weighted by molar-refractivity contribution is 7.09. The summed E-state index contributed by atoms with van der Waals surface area (Å²) in [5.74, 6) is 1.50. The van der Waals surface area contributed by atoms with Crippen molar-refractivity contribution in [2.75, 3.05) is 29.9 Å². The minimum atomic E-state index is -4.53. The average molecular weight is 456 g/mol. The molecule has 4 heterocycles. The molecule has 0 amide bonds. The number of thiazole rings is 1. The standard InChI is InChI=1S/C20H24F3N5O2S/c1-11-15(31-10-25-11)3-4-28-18-26-16(24-7-14-13-5-12(13)8-30-14)6-17(29)27(18)9-19(28,2)20(21,22)23/h6,10,12-14,24H,3-5,7-9H2,1-2H3/t12-,13?,14+,19-/m0/s1. The van der Waals surface area contributed by atoms with Crippen molar-refractivity contribution in [2.24, 2.45) is 11.8 Å². The molecule has 31 heavy (non-hydrogen) atoms. The molecule has 0 spiro atoms. The number of halogens is 3. The van der Waals surface area contributed by atoms with Crippen LogP contribution >= 0.6 is 11.3 Å². The molecular formula is C20H24F3N5O2S. The van der Waals surface area contributed by atoms with Crippen molar-refractivity contribution in [3.05, 3.63) is 32.5 Å². The Morgan fingerprint density at radius 2 is 2.23 bits per heavy atom. The highest BCUT2D eigenvalue weighted by atomic mass is 32.1. The fourth-order valence-corrected chi connectivity index (χ4v) is 5.40. The topological polar surface area (TPSA) is 72.3 Å². The molecule has 168 valence electrons. The van der Waals surface area contributed by atoms with Crippen LogP contribution in [-0.2, 0) is 17.7 Å². The maximum absolute atomic E-state index is 14.1. The van der Waals surface area contributed by atoms with E-state index in [-0.39, 0.29) is 24.4 Å². The van der Waals surface area contributed by atoms with E-state index < -0.39 is 23.8 Å². The number of alkyl halides is 3. The molecule has 2 aromatic heterocycles. The largest absolute Gasteiger partial charge is 0.413 e. The molecule has 1 aliphatic carbocycles. The Bertz CT molecular complexity index is 1050. The lowest BCUT2D eigenvalue weighted by atomic mass is 10.0. The van der Waals surface area contributed by atoms with Crippen LogP contribution in [0.25, 0.3) is 0 Å². The molecule has 1 saturated carbocycles. The number of fused-ring (bicyclic) bond motifs is 2. The minimum absolute atomic E-state index is 0.0497. The number of hydrogen-bond acceptors (Lipinski definition) is 7. The van der Waals surface area contributed by atoms with Crippen LogP contribution in [0.4, 0.5) is 24.9 Å². The van der Waals surface area contributed by atoms with Gasteiger partial charge in [-0.25, -0.2) is 4.98 Å². The Kier molecular flexibility index (Phi) is 4.81. The lowest BCUT2D eigenvalue weighted by molar-refractivity contribution is -0.182. The predicted molar refractivity (Wildman–Crippen MR) is 111 cm³/mol. The molecule has 2 aromatic rings. The average Bonchev–Trinajstić information content (AvgIpc) is 3.01. The van der Waals surface area contributed by atoms with Gasteiger partial charge in [-0.05, 0) is 32.1 Å². The van der Waals surface area contributed by atoms with Crippen molar-refractivity contribution < 1.29 is 17.9 Å². The molecule has 5 rings (SSSR count). The van der Waals surface area contributed by atoms with Gasteiger partial charge in [0.2, 0.25) is 5.95 Å². The summed E-state index contributed by atoms with van der Waals surface area (Å²) in [6.07, 6.45) is -2.91. The van der Waals surface area contributed by atoms with Crippen molar-refractivity contribution >= 4 is 23.1 Å². The van der Waals surface area contributed by atoms with E-state index >= 15 is 0 Å². The third kappa shape index (κ3) is 3.51. The zero-order valence-electron chi connectivity index (χ0n) is 17.3. The van der Waals surface area contributed by atoms with E-state index in [0.29, 0.717) is 24.8 Å². The number of hydrogen-bond donors (Lipinski definition) is 1. The molecule has 0 aromatic carbocycles. The maximum Gasteiger partial charge on any atom is 0.413 e. The van der Waals surface area contributed by atoms with Crippen LogP contribution in [0.2, 0.25) is 0 Å². The van der Waals surface area contributed by atoms with Gasteiger partial charge in [-0.2, -0.15) is 18.2 Å². The van der Waals surface area contributed by atoms with Crippen molar-refractivity contribution in [3.8, 4) is 0 Å². The van der Waals surface area contributed by atoms with Gasteiger partial charge in [0.15, 0.2) is 5.54 Å². The number of aryl methyl sites for hydroxylation is 1. The summed E-state index contributed by atoms with van der Waals surface area (Å²) in [6, 6.07) is 1.27. The summed E-state index contributed by atoms with van der Waals surface area (Å²) in [4.78, 5) is 23.5. The van der Waals surface area contributed by atoms with Crippen LogP contribution in [0.1, 0.15) is 23.9 Å². The van der Waals surface area contributed by atoms with E-state index in [1.807, 2.05) is 6.92 Å². The van der Waals surface area contributed by atoms with Crippen LogP contribution in [0.3, 0.4) is 0 Å². The molecule has 1 N–H and O–H groups in total. The second-order valence-corrected chi connectivity index (χ2v) is 9.75. The first-order chi connectivity index (χ1) is 14.7. The fourth-order valence-electron chi connectivity index (χ4n) is 4.63. The highest BCUT2D eigenvalue weighted by Crippen LogP contribution is 2.48. The van der Waals surface area contributed by atoms with Crippen LogP contribution in [-0.4, -0.2) is 52.1 Å². The van der Waals surface area contributed by atoms with Gasteiger partial charge in [0.05, 0.1) is 30.5 Å². The van der Waals surface area contributed by atoms with Crippen molar-refractivity contribution in [3.63, 3.8) is 0 Å². The van der Waals surface area contributed by atoms with E-state index in [2.05, 4.69) is 15.3 Å². The van der Waals surface area contributed by atoms with Crippen molar-refractivity contribution in [1.82, 2.24) is 14.5 Å². The molecule has 7 nitrogen and oxygen atoms in total. The quantitative estimate of drug-likeness (QED) is 0.722. The van der Waals surface area contributed by atoms with E-state index in [1.54, 1.807) is 5.51 Å². The Balaban J connectivity index is 1.42. The number of nitrogens with one attached hydrogen (secondary N) is 1. The third-order valence-electron chi connectivity index (χ3n) is 6.77. The molecule has 1 saturated heterocycles. The molecule has 0 radical (unpaired) electrons. The number of nitrogens with zero attached hydrogens (tertiary/aromatic N) is 4. The van der Waals surface area contributed by atoms with Gasteiger partial charge in [-0.15, -0.1) is 11.3 Å². The summed E-state index contributed by atoms with van der Waals surface area (Å²) in [5, 5.41) is 3.11. The van der Waals surface area contributed by atoms with Crippen LogP contribution < -0.4 is 15.8 Å². The first-order valence-corrected chi connectivity index (χ1v) is 11.3. The lowest BCUT2D eigenvalue weighted by Gasteiger charge is -2.36. The van der Waals surface area contributed by atoms with Gasteiger partial charge >= 0.3 is 6.18 Å². The molecule has 4 atom stereocenters. The van der Waals surface area contributed by atoms with Crippen LogP contribution in [0, 0.1) is 18.8 Å². The van der Waals surface area contributed by atoms with Gasteiger partial charge < -0.3 is 15.0 Å². The summed E-state index contributed by atoms with van der Waals surface area (Å²) in [6.45, 7) is 3.83. The van der Waals surface area contributed by atoms with E-state index in [9.17, 15) is 18.0 Å². The SMILES string of the molecule is Cc1ncsc1CCN1c2nc(NC[C@H]3OC[C@@H]4CC43)cc(=O)n2C[C@@]1(C)C(F)(F)F. The second kappa shape index (κ2) is 7.19. The van der Waals surface area contributed by atoms with Gasteiger partial charge in [-0.3, -0.25) is 9.36 Å². The van der Waals surface area contributed by atoms with Crippen molar-refractivity contribution in [1.29, 1.82) is 0 Å². The predicted octanol–water partition coefficient (Wildman–Crippen LogP) is 2.84. The van der Waals surface area contributed by atoms with E-state index in [0.717, 1.165) is 35.1 Å². The first-order valence-electron chi connectivity index (χ1n) is 10.4. The second-order valence-electron chi connectivity index (χ2n) is 8.81. The highest BCUT2D eigenvalue weighted by Gasteiger charge is 2.59. The van der Waals surface area contributed by atoms with Gasteiger partial charge in [0.25, 0.3) is 5.56 Å². The van der Waals surface area contributed by atoms with Gasteiger partial charge in [-0.1, -0.05) is 0 Å². The third-order valence-corrected chi connectivity index (χ3v) is 7.77. The molecule has 0 bridgehead atoms. The molecule has 2 fully saturated rings. The van der Waals surface area contributed by atoms with Gasteiger partial charge in [0, 0.05) is 30.5 Å². The first kappa shape index (κ1) is 20.7. The van der Waals surface area contributed by atoms with Crippen molar-refractivity contribution in [2.45, 2.75) is 51.1 Å². The smallest absolute Gasteiger partial charge is 0.376 e. The molecule has 1 unspecified atom stereocenters. The normalized spacial score (nSPS) is 29.2. The number of rotatable bonds is 6. The minimum Gasteiger partial charge on any atom is -0.376 e. The fraction of sp³-hybridized carbons (Fsp3) is 0.650. The Morgan fingerprint density at radius 3 is 2.84 bits per heavy atom. The lowest BCUT2D eigenvalue weighted by Crippen LogP contribution is -2.56. The monoisotopic (exact) mass is 455 g/mol. The van der Waals surface area contributed by atoms with Crippen LogP contribution in [0.5, 0.6) is 0 Å². The number of ether oxygens (including phenoxy) is 1.